The second-order valence-electron chi connectivity index (χ2n) is 4.07. The predicted molar refractivity (Wildman–Crippen MR) is 61.6 cm³/mol. The van der Waals surface area contributed by atoms with Crippen LogP contribution in [0.25, 0.3) is 0 Å². The quantitative estimate of drug-likeness (QED) is 0.608. The van der Waals surface area contributed by atoms with Crippen molar-refractivity contribution < 1.29 is 9.59 Å². The number of amides is 1. The number of carbonyl (C=O) groups excluding carboxylic acids is 2. The van der Waals surface area contributed by atoms with E-state index in [1.165, 1.54) is 0 Å². The minimum absolute atomic E-state index is 0.0981. The highest BCUT2D eigenvalue weighted by Crippen LogP contribution is 2.15. The Morgan fingerprint density at radius 3 is 2.20 bits per heavy atom. The summed E-state index contributed by atoms with van der Waals surface area (Å²) in [5.41, 5.74) is 0. The highest BCUT2D eigenvalue weighted by Gasteiger charge is 2.16. The lowest BCUT2D eigenvalue weighted by molar-refractivity contribution is -0.129. The van der Waals surface area contributed by atoms with Crippen molar-refractivity contribution in [3.8, 4) is 0 Å². The lowest BCUT2D eigenvalue weighted by Crippen LogP contribution is -2.35. The van der Waals surface area contributed by atoms with Gasteiger partial charge in [0.2, 0.25) is 5.91 Å². The molecule has 15 heavy (non-hydrogen) atoms. The van der Waals surface area contributed by atoms with Gasteiger partial charge in [0.25, 0.3) is 0 Å². The van der Waals surface area contributed by atoms with Gasteiger partial charge in [0.1, 0.15) is 6.29 Å². The molecular formula is C12H23NO2. The SMILES string of the molecule is CCC(CC[C@@H](C=O)CC)N(C)C(C)=O. The first-order chi connectivity index (χ1) is 7.06. The molecule has 0 aliphatic heterocycles. The number of aldehydes is 1. The Hall–Kier alpha value is -0.860. The Labute approximate surface area is 92.8 Å². The van der Waals surface area contributed by atoms with Crippen LogP contribution in [0.1, 0.15) is 46.5 Å². The maximum absolute atomic E-state index is 11.2. The van der Waals surface area contributed by atoms with Crippen molar-refractivity contribution in [2.75, 3.05) is 7.05 Å². The minimum atomic E-state index is 0.0981. The molecule has 0 aromatic carbocycles. The summed E-state index contributed by atoms with van der Waals surface area (Å²) in [6.45, 7) is 5.68. The van der Waals surface area contributed by atoms with Crippen molar-refractivity contribution in [1.29, 1.82) is 0 Å². The molecule has 0 spiro atoms. The monoisotopic (exact) mass is 213 g/mol. The Balaban J connectivity index is 4.10. The molecule has 0 radical (unpaired) electrons. The lowest BCUT2D eigenvalue weighted by atomic mass is 9.97. The van der Waals surface area contributed by atoms with E-state index >= 15 is 0 Å². The molecule has 0 bridgehead atoms. The Morgan fingerprint density at radius 2 is 1.87 bits per heavy atom. The average molecular weight is 213 g/mol. The third-order valence-corrected chi connectivity index (χ3v) is 3.10. The zero-order valence-corrected chi connectivity index (χ0v) is 10.3. The number of hydrogen-bond donors (Lipinski definition) is 0. The molecule has 2 atom stereocenters. The number of nitrogens with zero attached hydrogens (tertiary/aromatic N) is 1. The van der Waals surface area contributed by atoms with Gasteiger partial charge in [-0.05, 0) is 25.7 Å². The summed E-state index contributed by atoms with van der Waals surface area (Å²) in [7, 11) is 1.83. The maximum atomic E-state index is 11.2. The van der Waals surface area contributed by atoms with Crippen molar-refractivity contribution in [2.45, 2.75) is 52.5 Å². The van der Waals surface area contributed by atoms with E-state index in [4.69, 9.17) is 0 Å². The molecule has 1 unspecified atom stereocenters. The fraction of sp³-hybridized carbons (Fsp3) is 0.833. The zero-order chi connectivity index (χ0) is 11.8. The van der Waals surface area contributed by atoms with Gasteiger partial charge in [-0.25, -0.2) is 0 Å². The van der Waals surface area contributed by atoms with Gasteiger partial charge in [0, 0.05) is 25.9 Å². The van der Waals surface area contributed by atoms with E-state index in [0.29, 0.717) is 0 Å². The molecule has 1 amide bonds. The van der Waals surface area contributed by atoms with Gasteiger partial charge in [0.15, 0.2) is 0 Å². The molecule has 0 saturated carbocycles. The molecule has 0 aliphatic carbocycles. The predicted octanol–water partition coefficient (Wildman–Crippen LogP) is 2.25. The van der Waals surface area contributed by atoms with E-state index in [-0.39, 0.29) is 17.9 Å². The van der Waals surface area contributed by atoms with Crippen LogP contribution in [0.3, 0.4) is 0 Å². The molecule has 88 valence electrons. The minimum Gasteiger partial charge on any atom is -0.343 e. The van der Waals surface area contributed by atoms with Crippen LogP contribution in [0.4, 0.5) is 0 Å². The van der Waals surface area contributed by atoms with E-state index in [0.717, 1.165) is 32.0 Å². The van der Waals surface area contributed by atoms with Gasteiger partial charge in [-0.3, -0.25) is 4.79 Å². The Kier molecular flexibility index (Phi) is 7.01. The smallest absolute Gasteiger partial charge is 0.219 e. The average Bonchev–Trinajstić information content (AvgIpc) is 2.24. The largest absolute Gasteiger partial charge is 0.343 e. The van der Waals surface area contributed by atoms with Crippen molar-refractivity contribution in [3.63, 3.8) is 0 Å². The van der Waals surface area contributed by atoms with Crippen LogP contribution in [-0.2, 0) is 9.59 Å². The second kappa shape index (κ2) is 7.43. The summed E-state index contributed by atoms with van der Waals surface area (Å²) < 4.78 is 0. The summed E-state index contributed by atoms with van der Waals surface area (Å²) in [5, 5.41) is 0. The lowest BCUT2D eigenvalue weighted by Gasteiger charge is -2.26. The van der Waals surface area contributed by atoms with E-state index in [1.54, 1.807) is 11.8 Å². The van der Waals surface area contributed by atoms with E-state index in [2.05, 4.69) is 6.92 Å². The van der Waals surface area contributed by atoms with Crippen molar-refractivity contribution in [1.82, 2.24) is 4.90 Å². The molecule has 0 aliphatic rings. The van der Waals surface area contributed by atoms with Crippen LogP contribution >= 0.6 is 0 Å². The highest BCUT2D eigenvalue weighted by atomic mass is 16.2. The summed E-state index contributed by atoms with van der Waals surface area (Å²) in [5.74, 6) is 0.250. The summed E-state index contributed by atoms with van der Waals surface area (Å²) >= 11 is 0. The molecule has 0 fully saturated rings. The second-order valence-corrected chi connectivity index (χ2v) is 4.07. The molecule has 3 heteroatoms. The maximum Gasteiger partial charge on any atom is 0.219 e. The fourth-order valence-electron chi connectivity index (χ4n) is 1.70. The fourth-order valence-corrected chi connectivity index (χ4v) is 1.70. The first kappa shape index (κ1) is 14.1. The van der Waals surface area contributed by atoms with Crippen molar-refractivity contribution in [3.05, 3.63) is 0 Å². The number of carbonyl (C=O) groups is 2. The topological polar surface area (TPSA) is 37.4 Å². The number of rotatable bonds is 7. The number of hydrogen-bond acceptors (Lipinski definition) is 2. The van der Waals surface area contributed by atoms with Gasteiger partial charge in [-0.1, -0.05) is 13.8 Å². The molecule has 0 aromatic rings. The summed E-state index contributed by atoms with van der Waals surface area (Å²) in [6, 6.07) is 0.275. The first-order valence-electron chi connectivity index (χ1n) is 5.75. The third-order valence-electron chi connectivity index (χ3n) is 3.10. The van der Waals surface area contributed by atoms with Gasteiger partial charge in [-0.15, -0.1) is 0 Å². The zero-order valence-electron chi connectivity index (χ0n) is 10.3. The van der Waals surface area contributed by atoms with E-state index < -0.39 is 0 Å². The highest BCUT2D eigenvalue weighted by molar-refractivity contribution is 5.73. The van der Waals surface area contributed by atoms with Crippen LogP contribution in [0.2, 0.25) is 0 Å². The molecule has 0 aromatic heterocycles. The Morgan fingerprint density at radius 1 is 1.27 bits per heavy atom. The molecule has 3 nitrogen and oxygen atoms in total. The van der Waals surface area contributed by atoms with E-state index in [1.807, 2.05) is 14.0 Å². The van der Waals surface area contributed by atoms with Crippen LogP contribution in [0, 0.1) is 5.92 Å². The van der Waals surface area contributed by atoms with Crippen LogP contribution in [0.5, 0.6) is 0 Å². The van der Waals surface area contributed by atoms with Crippen molar-refractivity contribution >= 4 is 12.2 Å². The molecule has 0 saturated heterocycles. The van der Waals surface area contributed by atoms with Gasteiger partial charge in [-0.2, -0.15) is 0 Å². The van der Waals surface area contributed by atoms with Gasteiger partial charge in [0.05, 0.1) is 0 Å². The normalized spacial score (nSPS) is 14.4. The van der Waals surface area contributed by atoms with Crippen molar-refractivity contribution in [2.24, 2.45) is 5.92 Å². The Bertz CT molecular complexity index is 204. The molecule has 0 N–H and O–H groups in total. The molecular weight excluding hydrogens is 190 g/mol. The first-order valence-corrected chi connectivity index (χ1v) is 5.75. The van der Waals surface area contributed by atoms with Crippen LogP contribution < -0.4 is 0 Å². The summed E-state index contributed by atoms with van der Waals surface area (Å²) in [4.78, 5) is 23.6. The molecule has 0 heterocycles. The molecule has 0 rings (SSSR count). The summed E-state index contributed by atoms with van der Waals surface area (Å²) in [6.07, 6.45) is 4.68. The van der Waals surface area contributed by atoms with Crippen LogP contribution in [-0.4, -0.2) is 30.2 Å². The van der Waals surface area contributed by atoms with Gasteiger partial charge < -0.3 is 9.69 Å². The van der Waals surface area contributed by atoms with Gasteiger partial charge >= 0.3 is 0 Å². The third kappa shape index (κ3) is 4.96. The van der Waals surface area contributed by atoms with Crippen LogP contribution in [0.15, 0.2) is 0 Å². The van der Waals surface area contributed by atoms with E-state index in [9.17, 15) is 9.59 Å². The standard InChI is InChI=1S/C12H23NO2/c1-5-11(9-14)7-8-12(6-2)13(4)10(3)15/h9,11-12H,5-8H2,1-4H3/t11-,12?/m0/s1.